The van der Waals surface area contributed by atoms with Gasteiger partial charge < -0.3 is 14.8 Å². The Labute approximate surface area is 110 Å². The van der Waals surface area contributed by atoms with E-state index in [1.807, 2.05) is 13.0 Å². The highest BCUT2D eigenvalue weighted by Gasteiger charge is 2.38. The first-order chi connectivity index (χ1) is 8.87. The van der Waals surface area contributed by atoms with Crippen LogP contribution in [0.2, 0.25) is 0 Å². The van der Waals surface area contributed by atoms with Gasteiger partial charge in [0.1, 0.15) is 0 Å². The van der Waals surface area contributed by atoms with Crippen LogP contribution in [0.4, 0.5) is 5.69 Å². The van der Waals surface area contributed by atoms with Crippen molar-refractivity contribution in [1.29, 1.82) is 0 Å². The van der Waals surface area contributed by atoms with Gasteiger partial charge in [-0.3, -0.25) is 4.98 Å². The molecule has 6 heteroatoms. The number of cyclic esters (lactones) is 2. The van der Waals surface area contributed by atoms with E-state index in [4.69, 9.17) is 9.47 Å². The molecule has 0 aromatic carbocycles. The Morgan fingerprint density at radius 1 is 1.21 bits per heavy atom. The number of carbonyl (C=O) groups excluding carboxylic acids is 2. The van der Waals surface area contributed by atoms with Crippen molar-refractivity contribution in [1.82, 2.24) is 4.98 Å². The summed E-state index contributed by atoms with van der Waals surface area (Å²) in [5.74, 6) is -2.65. The lowest BCUT2D eigenvalue weighted by Crippen LogP contribution is -2.42. The molecule has 6 nitrogen and oxygen atoms in total. The monoisotopic (exact) mass is 262 g/mol. The molecule has 1 N–H and O–H groups in total. The van der Waals surface area contributed by atoms with Gasteiger partial charge in [-0.05, 0) is 19.1 Å². The highest BCUT2D eigenvalue weighted by atomic mass is 16.7. The summed E-state index contributed by atoms with van der Waals surface area (Å²) in [5, 5.41) is 2.80. The normalized spacial score (nSPS) is 17.5. The van der Waals surface area contributed by atoms with E-state index in [9.17, 15) is 9.59 Å². The number of aromatic nitrogens is 1. The Hall–Kier alpha value is -2.37. The van der Waals surface area contributed by atoms with Crippen LogP contribution in [0, 0.1) is 6.92 Å². The van der Waals surface area contributed by atoms with Crippen LogP contribution in [0.5, 0.6) is 0 Å². The van der Waals surface area contributed by atoms with E-state index in [1.165, 1.54) is 20.0 Å². The third kappa shape index (κ3) is 3.09. The summed E-state index contributed by atoms with van der Waals surface area (Å²) >= 11 is 0. The highest BCUT2D eigenvalue weighted by Crippen LogP contribution is 2.22. The molecule has 0 atom stereocenters. The first-order valence-electron chi connectivity index (χ1n) is 5.73. The maximum Gasteiger partial charge on any atom is 0.350 e. The number of hydrogen-bond donors (Lipinski definition) is 1. The molecular weight excluding hydrogens is 248 g/mol. The first kappa shape index (κ1) is 13.1. The molecule has 0 amide bonds. The van der Waals surface area contributed by atoms with Crippen molar-refractivity contribution in [2.75, 3.05) is 5.32 Å². The molecule has 2 heterocycles. The summed E-state index contributed by atoms with van der Waals surface area (Å²) in [7, 11) is 0. The molecule has 1 aliphatic rings. The van der Waals surface area contributed by atoms with Crippen LogP contribution in [0.15, 0.2) is 30.1 Å². The maximum absolute atomic E-state index is 11.6. The van der Waals surface area contributed by atoms with Crippen molar-refractivity contribution in [3.05, 3.63) is 35.8 Å². The fourth-order valence-corrected chi connectivity index (χ4v) is 1.49. The molecule has 0 bridgehead atoms. The standard InChI is InChI=1S/C13H14N2O4/c1-8-4-5-9(6-14-8)15-7-10-11(16)18-13(2,3)19-12(10)17/h4-7,15H,1-3H3. The average molecular weight is 262 g/mol. The van der Waals surface area contributed by atoms with Crippen LogP contribution >= 0.6 is 0 Å². The van der Waals surface area contributed by atoms with Gasteiger partial charge in [-0.1, -0.05) is 0 Å². The third-order valence-corrected chi connectivity index (χ3v) is 2.41. The van der Waals surface area contributed by atoms with Crippen molar-refractivity contribution in [2.45, 2.75) is 26.6 Å². The summed E-state index contributed by atoms with van der Waals surface area (Å²) in [4.78, 5) is 27.4. The predicted molar refractivity (Wildman–Crippen MR) is 66.9 cm³/mol. The summed E-state index contributed by atoms with van der Waals surface area (Å²) in [6.45, 7) is 4.86. The molecule has 0 unspecified atom stereocenters. The van der Waals surface area contributed by atoms with Crippen LogP contribution in [0.25, 0.3) is 0 Å². The molecule has 1 saturated heterocycles. The minimum Gasteiger partial charge on any atom is -0.419 e. The molecule has 1 aromatic heterocycles. The number of hydrogen-bond acceptors (Lipinski definition) is 6. The molecule has 0 radical (unpaired) electrons. The van der Waals surface area contributed by atoms with Crippen LogP contribution in [-0.2, 0) is 19.1 Å². The zero-order valence-corrected chi connectivity index (χ0v) is 10.9. The van der Waals surface area contributed by atoms with Gasteiger partial charge in [0.05, 0.1) is 11.9 Å². The average Bonchev–Trinajstić information content (AvgIpc) is 2.29. The zero-order valence-electron chi connectivity index (χ0n) is 10.9. The summed E-state index contributed by atoms with van der Waals surface area (Å²) < 4.78 is 9.92. The van der Waals surface area contributed by atoms with Crippen molar-refractivity contribution >= 4 is 17.6 Å². The van der Waals surface area contributed by atoms with Crippen molar-refractivity contribution in [2.24, 2.45) is 0 Å². The van der Waals surface area contributed by atoms with Gasteiger partial charge >= 0.3 is 11.9 Å². The highest BCUT2D eigenvalue weighted by molar-refractivity contribution is 6.15. The van der Waals surface area contributed by atoms with E-state index in [2.05, 4.69) is 10.3 Å². The number of esters is 2. The SMILES string of the molecule is Cc1ccc(NC=C2C(=O)OC(C)(C)OC2=O)cn1. The van der Waals surface area contributed by atoms with Crippen molar-refractivity contribution < 1.29 is 19.1 Å². The van der Waals surface area contributed by atoms with E-state index >= 15 is 0 Å². The maximum atomic E-state index is 11.6. The van der Waals surface area contributed by atoms with Gasteiger partial charge in [-0.15, -0.1) is 0 Å². The van der Waals surface area contributed by atoms with Gasteiger partial charge in [-0.25, -0.2) is 9.59 Å². The topological polar surface area (TPSA) is 77.5 Å². The summed E-state index contributed by atoms with van der Waals surface area (Å²) in [6.07, 6.45) is 2.85. The number of rotatable bonds is 2. The molecule has 0 aliphatic carbocycles. The van der Waals surface area contributed by atoms with Crippen LogP contribution in [-0.4, -0.2) is 22.7 Å². The lowest BCUT2D eigenvalue weighted by atomic mass is 10.2. The van der Waals surface area contributed by atoms with Crippen LogP contribution in [0.3, 0.4) is 0 Å². The number of anilines is 1. The van der Waals surface area contributed by atoms with Gasteiger partial charge in [-0.2, -0.15) is 0 Å². The lowest BCUT2D eigenvalue weighted by Gasteiger charge is -2.29. The number of nitrogens with one attached hydrogen (secondary N) is 1. The smallest absolute Gasteiger partial charge is 0.350 e. The van der Waals surface area contributed by atoms with E-state index in [0.29, 0.717) is 5.69 Å². The number of carbonyl (C=O) groups is 2. The second-order valence-electron chi connectivity index (χ2n) is 4.57. The van der Waals surface area contributed by atoms with E-state index in [-0.39, 0.29) is 5.57 Å². The molecule has 1 fully saturated rings. The summed E-state index contributed by atoms with van der Waals surface area (Å²) in [5.41, 5.74) is 1.35. The predicted octanol–water partition coefficient (Wildman–Crippen LogP) is 1.52. The Balaban J connectivity index is 2.13. The van der Waals surface area contributed by atoms with E-state index in [1.54, 1.807) is 12.3 Å². The Kier molecular flexibility index (Phi) is 3.25. The Bertz CT molecular complexity index is 524. The number of aryl methyl sites for hydroxylation is 1. The number of pyridine rings is 1. The van der Waals surface area contributed by atoms with Crippen LogP contribution < -0.4 is 5.32 Å². The van der Waals surface area contributed by atoms with Crippen LogP contribution in [0.1, 0.15) is 19.5 Å². The Morgan fingerprint density at radius 2 is 1.84 bits per heavy atom. The molecule has 1 aliphatic heterocycles. The third-order valence-electron chi connectivity index (χ3n) is 2.41. The van der Waals surface area contributed by atoms with Gasteiger partial charge in [0, 0.05) is 25.7 Å². The van der Waals surface area contributed by atoms with Gasteiger partial charge in [0.2, 0.25) is 0 Å². The molecular formula is C13H14N2O4. The lowest BCUT2D eigenvalue weighted by molar-refractivity contribution is -0.222. The molecule has 19 heavy (non-hydrogen) atoms. The second-order valence-corrected chi connectivity index (χ2v) is 4.57. The van der Waals surface area contributed by atoms with Gasteiger partial charge in [0.25, 0.3) is 5.79 Å². The minimum absolute atomic E-state index is 0.181. The summed E-state index contributed by atoms with van der Waals surface area (Å²) in [6, 6.07) is 3.59. The second kappa shape index (κ2) is 4.72. The van der Waals surface area contributed by atoms with E-state index < -0.39 is 17.7 Å². The zero-order chi connectivity index (χ0) is 14.0. The molecule has 2 rings (SSSR count). The first-order valence-corrected chi connectivity index (χ1v) is 5.73. The molecule has 0 spiro atoms. The van der Waals surface area contributed by atoms with Crippen molar-refractivity contribution in [3.63, 3.8) is 0 Å². The fourth-order valence-electron chi connectivity index (χ4n) is 1.49. The van der Waals surface area contributed by atoms with Gasteiger partial charge in [0.15, 0.2) is 5.57 Å². The minimum atomic E-state index is -1.23. The number of ether oxygens (including phenoxy) is 2. The number of nitrogens with zero attached hydrogens (tertiary/aromatic N) is 1. The van der Waals surface area contributed by atoms with Crippen molar-refractivity contribution in [3.8, 4) is 0 Å². The molecule has 0 saturated carbocycles. The molecule has 100 valence electrons. The fraction of sp³-hybridized carbons (Fsp3) is 0.308. The van der Waals surface area contributed by atoms with E-state index in [0.717, 1.165) is 5.69 Å². The molecule has 1 aromatic rings. The quantitative estimate of drug-likeness (QED) is 0.494. The largest absolute Gasteiger partial charge is 0.419 e. The Morgan fingerprint density at radius 3 is 2.37 bits per heavy atom.